The highest BCUT2D eigenvalue weighted by molar-refractivity contribution is 6.10. The summed E-state index contributed by atoms with van der Waals surface area (Å²) < 4.78 is 34.2. The molecule has 5 rings (SSSR count). The van der Waals surface area contributed by atoms with Crippen LogP contribution in [0.2, 0.25) is 0 Å². The van der Waals surface area contributed by atoms with Crippen molar-refractivity contribution in [3.05, 3.63) is 70.8 Å². The smallest absolute Gasteiger partial charge is 0.229 e. The van der Waals surface area contributed by atoms with Gasteiger partial charge in [-0.1, -0.05) is 31.2 Å². The predicted molar refractivity (Wildman–Crippen MR) is 200 cm³/mol. The van der Waals surface area contributed by atoms with Crippen LogP contribution in [0.15, 0.2) is 48.6 Å². The number of phenols is 1. The number of aliphatic hydroxyl groups excluding tert-OH is 9. The van der Waals surface area contributed by atoms with Gasteiger partial charge >= 0.3 is 0 Å². The molecule has 3 saturated heterocycles. The van der Waals surface area contributed by atoms with Crippen molar-refractivity contribution in [2.24, 2.45) is 5.92 Å². The van der Waals surface area contributed by atoms with Crippen molar-refractivity contribution in [2.45, 2.75) is 113 Å². The fourth-order valence-corrected chi connectivity index (χ4v) is 6.82. The van der Waals surface area contributed by atoms with Crippen LogP contribution in [0.25, 0.3) is 12.2 Å². The molecule has 3 aliphatic heterocycles. The number of ether oxygens (including phenoxy) is 6. The number of aryl methyl sites for hydroxylation is 2. The van der Waals surface area contributed by atoms with Crippen LogP contribution in [-0.4, -0.2) is 168 Å². The number of ketones is 2. The van der Waals surface area contributed by atoms with Crippen molar-refractivity contribution in [3.63, 3.8) is 0 Å². The van der Waals surface area contributed by atoms with Crippen molar-refractivity contribution in [3.8, 4) is 11.5 Å². The Bertz CT molecular complexity index is 1760. The number of hydrogen-bond donors (Lipinski definition) is 10. The summed E-state index contributed by atoms with van der Waals surface area (Å²) in [6.07, 6.45) is -16.9. The average Bonchev–Trinajstić information content (AvgIpc) is 3.20. The summed E-state index contributed by atoms with van der Waals surface area (Å²) in [7, 11) is 0. The molecule has 0 amide bonds. The van der Waals surface area contributed by atoms with E-state index in [4.69, 9.17) is 28.4 Å². The van der Waals surface area contributed by atoms with Gasteiger partial charge in [0.25, 0.3) is 0 Å². The molecule has 3 heterocycles. The van der Waals surface area contributed by atoms with Crippen molar-refractivity contribution in [2.75, 3.05) is 19.8 Å². The van der Waals surface area contributed by atoms with E-state index in [1.165, 1.54) is 37.3 Å². The van der Waals surface area contributed by atoms with Crippen molar-refractivity contribution >= 4 is 23.7 Å². The van der Waals surface area contributed by atoms with Gasteiger partial charge in [-0.3, -0.25) is 9.59 Å². The summed E-state index contributed by atoms with van der Waals surface area (Å²) in [5, 5.41) is 105. The van der Waals surface area contributed by atoms with Gasteiger partial charge in [0, 0.05) is 5.92 Å². The summed E-state index contributed by atoms with van der Waals surface area (Å²) >= 11 is 0. The molecule has 0 aliphatic carbocycles. The molecule has 320 valence electrons. The van der Waals surface area contributed by atoms with Gasteiger partial charge in [0.1, 0.15) is 72.5 Å². The average molecular weight is 821 g/mol. The molecule has 0 unspecified atom stereocenters. The lowest BCUT2D eigenvalue weighted by Gasteiger charge is -2.48. The first-order valence-corrected chi connectivity index (χ1v) is 18.7. The maximum Gasteiger partial charge on any atom is 0.229 e. The van der Waals surface area contributed by atoms with E-state index in [1.807, 2.05) is 0 Å². The number of benzene rings is 2. The second kappa shape index (κ2) is 20.0. The fourth-order valence-electron chi connectivity index (χ4n) is 6.82. The van der Waals surface area contributed by atoms with Gasteiger partial charge in [0.2, 0.25) is 6.29 Å². The van der Waals surface area contributed by atoms with Crippen molar-refractivity contribution in [1.82, 2.24) is 0 Å². The first-order chi connectivity index (χ1) is 27.6. The largest absolute Gasteiger partial charge is 0.508 e. The maximum absolute atomic E-state index is 12.5. The molecule has 0 saturated carbocycles. The Kier molecular flexibility index (Phi) is 15.7. The minimum Gasteiger partial charge on any atom is -0.508 e. The zero-order chi connectivity index (χ0) is 42.4. The van der Waals surface area contributed by atoms with Gasteiger partial charge in [0.15, 0.2) is 24.1 Å². The second-order valence-electron chi connectivity index (χ2n) is 14.6. The van der Waals surface area contributed by atoms with E-state index in [1.54, 1.807) is 44.2 Å². The Hall–Kier alpha value is -3.70. The molecule has 15 atom stereocenters. The number of aromatic hydroxyl groups is 1. The standard InChI is InChI=1S/C40H52O18/c1-18-12-21(6-10-25(18)46)4-8-23(44)14-24(45)9-5-22-7-11-26(19(2)13-22)53-39-34(51)36(32(49)28(16-42)55-39)58-40-35(52)37(33(50)29(17-43)56-40)57-38-31(48)20(3)30(47)27(15-41)54-38/h4-13,20,27-43,46-52H,14-17H2,1-3H3/b8-4+,9-5+/t20-,27+,28+,29+,30-,31+,32+,33+,34+,35+,36-,37-,38-,39+,40-/m0/s1. The molecule has 58 heavy (non-hydrogen) atoms. The van der Waals surface area contributed by atoms with Crippen molar-refractivity contribution < 1.29 is 89.1 Å². The summed E-state index contributed by atoms with van der Waals surface area (Å²) in [6.45, 7) is 2.66. The summed E-state index contributed by atoms with van der Waals surface area (Å²) in [5.41, 5.74) is 2.42. The Morgan fingerprint density at radius 2 is 1.07 bits per heavy atom. The van der Waals surface area contributed by atoms with Crippen LogP contribution < -0.4 is 4.74 Å². The molecule has 0 bridgehead atoms. The molecular formula is C40H52O18. The molecule has 0 spiro atoms. The highest BCUT2D eigenvalue weighted by Crippen LogP contribution is 2.34. The molecule has 10 N–H and O–H groups in total. The zero-order valence-corrected chi connectivity index (χ0v) is 32.0. The van der Waals surface area contributed by atoms with Gasteiger partial charge in [-0.15, -0.1) is 0 Å². The summed E-state index contributed by atoms with van der Waals surface area (Å²) in [5.74, 6) is -1.38. The lowest BCUT2D eigenvalue weighted by Crippen LogP contribution is -2.66. The zero-order valence-electron chi connectivity index (χ0n) is 32.0. The Morgan fingerprint density at radius 3 is 1.57 bits per heavy atom. The minimum atomic E-state index is -1.91. The number of aliphatic hydroxyl groups is 9. The number of allylic oxidation sites excluding steroid dienone is 2. The second-order valence-corrected chi connectivity index (χ2v) is 14.6. The van der Waals surface area contributed by atoms with E-state index < -0.39 is 123 Å². The predicted octanol–water partition coefficient (Wildman–Crippen LogP) is -1.63. The van der Waals surface area contributed by atoms with Crippen LogP contribution in [0.4, 0.5) is 0 Å². The van der Waals surface area contributed by atoms with E-state index in [9.17, 15) is 60.7 Å². The molecule has 2 aromatic rings. The highest BCUT2D eigenvalue weighted by Gasteiger charge is 2.53. The number of rotatable bonds is 15. The third-order valence-corrected chi connectivity index (χ3v) is 10.4. The summed E-state index contributed by atoms with van der Waals surface area (Å²) in [6, 6.07) is 9.61. The van der Waals surface area contributed by atoms with E-state index in [-0.39, 0.29) is 17.9 Å². The molecule has 0 radical (unpaired) electrons. The van der Waals surface area contributed by atoms with Crippen molar-refractivity contribution in [1.29, 1.82) is 0 Å². The van der Waals surface area contributed by atoms with Crippen LogP contribution >= 0.6 is 0 Å². The number of phenolic OH excluding ortho intramolecular Hbond substituents is 1. The number of hydrogen-bond acceptors (Lipinski definition) is 18. The minimum absolute atomic E-state index is 0.133. The first kappa shape index (κ1) is 45.4. The van der Waals surface area contributed by atoms with E-state index in [0.717, 1.165) is 0 Å². The van der Waals surface area contributed by atoms with Crippen LogP contribution in [0.3, 0.4) is 0 Å². The van der Waals surface area contributed by atoms with Gasteiger partial charge in [0.05, 0.1) is 32.3 Å². The first-order valence-electron chi connectivity index (χ1n) is 18.7. The topological polar surface area (TPSA) is 292 Å². The third-order valence-electron chi connectivity index (χ3n) is 10.4. The monoisotopic (exact) mass is 820 g/mol. The van der Waals surface area contributed by atoms with Crippen LogP contribution in [0.1, 0.15) is 35.6 Å². The van der Waals surface area contributed by atoms with E-state index >= 15 is 0 Å². The summed E-state index contributed by atoms with van der Waals surface area (Å²) in [4.78, 5) is 24.8. The van der Waals surface area contributed by atoms with Gasteiger partial charge < -0.3 is 79.5 Å². The lowest BCUT2D eigenvalue weighted by molar-refractivity contribution is -0.376. The van der Waals surface area contributed by atoms with Gasteiger partial charge in [-0.05, 0) is 72.5 Å². The quantitative estimate of drug-likeness (QED) is 0.0713. The highest BCUT2D eigenvalue weighted by atomic mass is 16.8. The third kappa shape index (κ3) is 10.5. The van der Waals surface area contributed by atoms with Crippen LogP contribution in [0, 0.1) is 19.8 Å². The van der Waals surface area contributed by atoms with Gasteiger partial charge in [-0.25, -0.2) is 0 Å². The molecular weight excluding hydrogens is 768 g/mol. The molecule has 2 aromatic carbocycles. The normalized spacial score (nSPS) is 35.7. The fraction of sp³-hybridized carbons (Fsp3) is 0.550. The van der Waals surface area contributed by atoms with Crippen LogP contribution in [-0.2, 0) is 33.3 Å². The van der Waals surface area contributed by atoms with Gasteiger partial charge in [-0.2, -0.15) is 0 Å². The Morgan fingerprint density at radius 1 is 0.621 bits per heavy atom. The number of carbonyl (C=O) groups excluding carboxylic acids is 2. The maximum atomic E-state index is 12.5. The molecule has 18 nitrogen and oxygen atoms in total. The molecule has 3 fully saturated rings. The molecule has 18 heteroatoms. The van der Waals surface area contributed by atoms with Crippen LogP contribution in [0.5, 0.6) is 11.5 Å². The SMILES string of the molecule is Cc1cc(/C=C/C(=O)CC(=O)/C=C/c2ccc(O[C@@H]3O[C@H](CO)[C@@H](O)[C@H](O[C@@H]4O[C@H](CO)[C@@H](O)[C@H](O[C@@H]5O[C@H](CO)[C@@H](O)[C@H](C)[C@H]5O)[C@H]4O)[C@H]3O)c(C)c2)ccc1O. The molecule has 0 aromatic heterocycles. The molecule has 3 aliphatic rings. The van der Waals surface area contributed by atoms with E-state index in [2.05, 4.69) is 0 Å². The lowest BCUT2D eigenvalue weighted by atomic mass is 9.90. The Labute approximate surface area is 333 Å². The van der Waals surface area contributed by atoms with E-state index in [0.29, 0.717) is 22.3 Å². The Balaban J connectivity index is 1.23. The number of carbonyl (C=O) groups is 2.